The number of epoxide rings is 1. The lowest BCUT2D eigenvalue weighted by molar-refractivity contribution is -0.125. The molecule has 0 radical (unpaired) electrons. The number of halogens is 1. The molecule has 0 aliphatic carbocycles. The van der Waals surface area contributed by atoms with Gasteiger partial charge in [-0.05, 0) is 49.4 Å². The molecule has 2 amide bonds. The van der Waals surface area contributed by atoms with Gasteiger partial charge in [0.2, 0.25) is 5.91 Å². The van der Waals surface area contributed by atoms with Gasteiger partial charge in [0.25, 0.3) is 5.91 Å². The van der Waals surface area contributed by atoms with Crippen LogP contribution in [-0.4, -0.2) is 52.8 Å². The Balaban J connectivity index is 1.32. The number of amides is 2. The monoisotopic (exact) mass is 471 g/mol. The number of rotatable bonds is 12. The van der Waals surface area contributed by atoms with Crippen LogP contribution in [0.2, 0.25) is 0 Å². The summed E-state index contributed by atoms with van der Waals surface area (Å²) in [6.45, 7) is 5.79. The lowest BCUT2D eigenvalue weighted by atomic mass is 9.91. The van der Waals surface area contributed by atoms with E-state index < -0.39 is 11.4 Å². The average molecular weight is 472 g/mol. The minimum atomic E-state index is -1.37. The van der Waals surface area contributed by atoms with Crippen molar-refractivity contribution in [2.45, 2.75) is 54.7 Å². The highest BCUT2D eigenvalue weighted by molar-refractivity contribution is 8.02. The second-order valence-electron chi connectivity index (χ2n) is 8.22. The van der Waals surface area contributed by atoms with Crippen LogP contribution in [0.3, 0.4) is 0 Å². The fourth-order valence-corrected chi connectivity index (χ4v) is 5.67. The van der Waals surface area contributed by atoms with Gasteiger partial charge in [0.05, 0.1) is 28.6 Å². The molecule has 0 bridgehead atoms. The van der Waals surface area contributed by atoms with Gasteiger partial charge in [-0.3, -0.25) is 9.59 Å². The number of thioether (sulfide) groups is 1. The number of ether oxygens (including phenoxy) is 1. The van der Waals surface area contributed by atoms with Crippen LogP contribution >= 0.6 is 11.8 Å². The van der Waals surface area contributed by atoms with Gasteiger partial charge in [-0.1, -0.05) is 13.8 Å². The van der Waals surface area contributed by atoms with Crippen molar-refractivity contribution in [3.8, 4) is 0 Å². The minimum Gasteiger partial charge on any atom is -0.593 e. The Morgan fingerprint density at radius 3 is 2.55 bits per heavy atom. The molecule has 2 heterocycles. The summed E-state index contributed by atoms with van der Waals surface area (Å²) in [5.74, 6) is 0.114. The third kappa shape index (κ3) is 7.35. The highest BCUT2D eigenvalue weighted by atomic mass is 32.2. The molecule has 172 valence electrons. The lowest BCUT2D eigenvalue weighted by Gasteiger charge is -2.44. The van der Waals surface area contributed by atoms with E-state index >= 15 is 0 Å². The number of carbonyl (C=O) groups excluding carboxylic acids is 2. The molecule has 2 saturated heterocycles. The second-order valence-corrected chi connectivity index (χ2v) is 10.8. The van der Waals surface area contributed by atoms with Crippen molar-refractivity contribution in [1.29, 1.82) is 0 Å². The molecule has 10 heteroatoms. The smallest absolute Gasteiger partial charge is 0.252 e. The largest absolute Gasteiger partial charge is 0.593 e. The quantitative estimate of drug-likeness (QED) is 0.244. The standard InChI is InChI=1S/C21H30FN3O4S2/c1-13(2)11-16-18(30-21(16)25-19(26)17-12-29-17)20(27)23-9-3-4-10-24-31(28)15-7-5-14(22)6-8-15/h5-8,13,16-18,21,24H,3-4,9-12H2,1-2H3,(H,23,27)(H,25,26). The molecule has 1 aromatic rings. The van der Waals surface area contributed by atoms with Crippen molar-refractivity contribution < 1.29 is 23.3 Å². The van der Waals surface area contributed by atoms with E-state index in [1.54, 1.807) is 0 Å². The van der Waals surface area contributed by atoms with Crippen LogP contribution < -0.4 is 15.4 Å². The second kappa shape index (κ2) is 11.5. The zero-order chi connectivity index (χ0) is 22.4. The first-order chi connectivity index (χ1) is 14.8. The van der Waals surface area contributed by atoms with Gasteiger partial charge in [0, 0.05) is 19.0 Å². The number of hydrogen-bond acceptors (Lipinski definition) is 6. The molecule has 2 aliphatic heterocycles. The molecule has 0 saturated carbocycles. The molecule has 7 nitrogen and oxygen atoms in total. The van der Waals surface area contributed by atoms with Crippen molar-refractivity contribution in [3.63, 3.8) is 0 Å². The fraction of sp³-hybridized carbons (Fsp3) is 0.619. The molecular formula is C21H30FN3O4S2. The number of hydrogen-bond donors (Lipinski definition) is 3. The molecule has 5 unspecified atom stereocenters. The lowest BCUT2D eigenvalue weighted by Crippen LogP contribution is -2.57. The van der Waals surface area contributed by atoms with Gasteiger partial charge in [0.15, 0.2) is 11.0 Å². The van der Waals surface area contributed by atoms with Crippen molar-refractivity contribution >= 4 is 34.9 Å². The molecule has 2 aliphatic rings. The van der Waals surface area contributed by atoms with Gasteiger partial charge in [-0.15, -0.1) is 16.5 Å². The third-order valence-electron chi connectivity index (χ3n) is 5.15. The summed E-state index contributed by atoms with van der Waals surface area (Å²) in [4.78, 5) is 25.1. The van der Waals surface area contributed by atoms with Gasteiger partial charge in [-0.25, -0.2) is 4.39 Å². The van der Waals surface area contributed by atoms with Gasteiger partial charge < -0.3 is 19.9 Å². The summed E-state index contributed by atoms with van der Waals surface area (Å²) in [5.41, 5.74) is 0. The van der Waals surface area contributed by atoms with Crippen LogP contribution in [0, 0.1) is 17.7 Å². The molecule has 31 heavy (non-hydrogen) atoms. The summed E-state index contributed by atoms with van der Waals surface area (Å²) < 4.78 is 32.9. The van der Waals surface area contributed by atoms with E-state index in [1.807, 2.05) is 0 Å². The van der Waals surface area contributed by atoms with Crippen LogP contribution in [0.1, 0.15) is 33.1 Å². The zero-order valence-electron chi connectivity index (χ0n) is 17.8. The fourth-order valence-electron chi connectivity index (χ4n) is 3.42. The van der Waals surface area contributed by atoms with Gasteiger partial charge in [0.1, 0.15) is 5.82 Å². The minimum absolute atomic E-state index is 0.00617. The predicted molar refractivity (Wildman–Crippen MR) is 119 cm³/mol. The maximum atomic E-state index is 12.9. The maximum Gasteiger partial charge on any atom is 0.252 e. The van der Waals surface area contributed by atoms with Crippen LogP contribution in [0.5, 0.6) is 0 Å². The topological polar surface area (TPSA) is 106 Å². The SMILES string of the molecule is CC(C)CC1C(NC(=O)C2CO2)SC1C(=O)NCCCCN[S+]([O-])c1ccc(F)cc1. The van der Waals surface area contributed by atoms with Crippen LogP contribution in [0.15, 0.2) is 29.2 Å². The van der Waals surface area contributed by atoms with Gasteiger partial charge in [-0.2, -0.15) is 0 Å². The Morgan fingerprint density at radius 1 is 1.23 bits per heavy atom. The molecule has 3 rings (SSSR count). The van der Waals surface area contributed by atoms with E-state index in [2.05, 4.69) is 29.2 Å². The number of benzene rings is 1. The zero-order valence-corrected chi connectivity index (χ0v) is 19.4. The first-order valence-corrected chi connectivity index (χ1v) is 12.7. The molecular weight excluding hydrogens is 441 g/mol. The van der Waals surface area contributed by atoms with E-state index in [-0.39, 0.29) is 40.3 Å². The van der Waals surface area contributed by atoms with E-state index in [4.69, 9.17) is 4.74 Å². The van der Waals surface area contributed by atoms with Gasteiger partial charge >= 0.3 is 0 Å². The molecule has 5 atom stereocenters. The molecule has 1 aromatic carbocycles. The Labute approximate surface area is 189 Å². The highest BCUT2D eigenvalue weighted by Gasteiger charge is 2.48. The van der Waals surface area contributed by atoms with Crippen molar-refractivity contribution in [1.82, 2.24) is 15.4 Å². The predicted octanol–water partition coefficient (Wildman–Crippen LogP) is 1.95. The summed E-state index contributed by atoms with van der Waals surface area (Å²) in [7, 11) is 0. The van der Waals surface area contributed by atoms with Crippen molar-refractivity contribution in [2.75, 3.05) is 19.7 Å². The summed E-state index contributed by atoms with van der Waals surface area (Å²) in [5, 5.41) is 5.77. The number of unbranched alkanes of at least 4 members (excludes halogenated alkanes) is 1. The summed E-state index contributed by atoms with van der Waals surface area (Å²) in [6, 6.07) is 5.56. The highest BCUT2D eigenvalue weighted by Crippen LogP contribution is 2.44. The molecule has 0 aromatic heterocycles. The Hall–Kier alpha value is -1.33. The van der Waals surface area contributed by atoms with Crippen LogP contribution in [0.4, 0.5) is 4.39 Å². The third-order valence-corrected chi connectivity index (χ3v) is 7.93. The first kappa shape index (κ1) is 24.3. The van der Waals surface area contributed by atoms with E-state index in [0.29, 0.717) is 30.5 Å². The van der Waals surface area contributed by atoms with Crippen LogP contribution in [-0.2, 0) is 25.7 Å². The number of carbonyl (C=O) groups is 2. The van der Waals surface area contributed by atoms with E-state index in [1.165, 1.54) is 36.0 Å². The maximum absolute atomic E-state index is 12.9. The molecule has 0 spiro atoms. The van der Waals surface area contributed by atoms with E-state index in [9.17, 15) is 18.5 Å². The van der Waals surface area contributed by atoms with Crippen molar-refractivity contribution in [2.24, 2.45) is 11.8 Å². The normalized spacial score (nSPS) is 25.6. The Kier molecular flexibility index (Phi) is 9.03. The molecule has 3 N–H and O–H groups in total. The first-order valence-electron chi connectivity index (χ1n) is 10.6. The van der Waals surface area contributed by atoms with Crippen molar-refractivity contribution in [3.05, 3.63) is 30.1 Å². The summed E-state index contributed by atoms with van der Waals surface area (Å²) in [6.07, 6.45) is 2.06. The average Bonchev–Trinajstić information content (AvgIpc) is 3.57. The Morgan fingerprint density at radius 2 is 1.90 bits per heavy atom. The summed E-state index contributed by atoms with van der Waals surface area (Å²) >= 11 is 0.122. The molecule has 2 fully saturated rings. The Bertz CT molecular complexity index is 749. The van der Waals surface area contributed by atoms with Crippen LogP contribution in [0.25, 0.3) is 0 Å². The van der Waals surface area contributed by atoms with E-state index in [0.717, 1.165) is 19.3 Å². The number of nitrogens with one attached hydrogen (secondary N) is 3.